The van der Waals surface area contributed by atoms with Gasteiger partial charge in [0.1, 0.15) is 4.90 Å². The van der Waals surface area contributed by atoms with Crippen molar-refractivity contribution in [2.75, 3.05) is 6.79 Å². The third-order valence-electron chi connectivity index (χ3n) is 2.12. The van der Waals surface area contributed by atoms with Gasteiger partial charge in [-0.2, -0.15) is 21.6 Å². The van der Waals surface area contributed by atoms with Crippen molar-refractivity contribution in [2.24, 2.45) is 0 Å². The Kier molecular flexibility index (Phi) is 5.51. The third-order valence-corrected chi connectivity index (χ3v) is 4.17. The van der Waals surface area contributed by atoms with Crippen molar-refractivity contribution in [3.05, 3.63) is 29.3 Å². The van der Waals surface area contributed by atoms with E-state index in [0.29, 0.717) is 6.07 Å². The first kappa shape index (κ1) is 17.3. The normalized spacial score (nSPS) is 13.3. The van der Waals surface area contributed by atoms with E-state index < -0.39 is 40.9 Å². The van der Waals surface area contributed by atoms with Crippen LogP contribution in [0.25, 0.3) is 0 Å². The molecule has 0 radical (unpaired) electrons. The molecule has 0 saturated heterocycles. The van der Waals surface area contributed by atoms with E-state index >= 15 is 0 Å². The van der Waals surface area contributed by atoms with E-state index in [2.05, 4.69) is 8.71 Å². The molecule has 1 atom stereocenters. The first-order chi connectivity index (χ1) is 9.05. The number of halogens is 4. The monoisotopic (exact) mass is 351 g/mol. The highest BCUT2D eigenvalue weighted by Crippen LogP contribution is 2.36. The van der Waals surface area contributed by atoms with Gasteiger partial charge in [-0.15, -0.1) is 4.52 Å². The third kappa shape index (κ3) is 4.39. The standard InChI is InChI=1S/C9H8ClF3O5PS/c1-6-3-2-4-7(9(11,12)13)8(6)20(15,16)18-5-17-19(10)14/h2-4H,5H2,1H3/q+1. The molecule has 0 aliphatic heterocycles. The van der Waals surface area contributed by atoms with Gasteiger partial charge in [-0.1, -0.05) is 12.1 Å². The quantitative estimate of drug-likeness (QED) is 0.460. The van der Waals surface area contributed by atoms with E-state index in [1.54, 1.807) is 0 Å². The number of alkyl halides is 3. The molecule has 0 aliphatic carbocycles. The molecule has 0 aliphatic rings. The largest absolute Gasteiger partial charge is 0.636 e. The van der Waals surface area contributed by atoms with Crippen LogP contribution < -0.4 is 0 Å². The molecule has 112 valence electrons. The van der Waals surface area contributed by atoms with E-state index in [-0.39, 0.29) is 5.56 Å². The highest BCUT2D eigenvalue weighted by atomic mass is 35.7. The minimum absolute atomic E-state index is 0.143. The van der Waals surface area contributed by atoms with Gasteiger partial charge >= 0.3 is 13.6 Å². The topological polar surface area (TPSA) is 69.7 Å². The Hall–Kier alpha value is -0.730. The Labute approximate surface area is 118 Å². The SMILES string of the molecule is Cc1cccc(C(F)(F)F)c1S(=O)(=O)OCO[P+](=O)Cl. The van der Waals surface area contributed by atoms with Crippen LogP contribution in [0, 0.1) is 6.92 Å². The van der Waals surface area contributed by atoms with Gasteiger partial charge < -0.3 is 0 Å². The van der Waals surface area contributed by atoms with Gasteiger partial charge in [-0.25, -0.2) is 4.18 Å². The molecule has 0 saturated carbocycles. The van der Waals surface area contributed by atoms with Crippen molar-refractivity contribution in [3.63, 3.8) is 0 Å². The van der Waals surface area contributed by atoms with Crippen LogP contribution in [0.3, 0.4) is 0 Å². The first-order valence-electron chi connectivity index (χ1n) is 4.88. The van der Waals surface area contributed by atoms with Crippen LogP contribution in [-0.2, 0) is 29.6 Å². The van der Waals surface area contributed by atoms with Crippen molar-refractivity contribution in [1.29, 1.82) is 0 Å². The molecule has 0 amide bonds. The van der Waals surface area contributed by atoms with Crippen LogP contribution in [-0.4, -0.2) is 15.2 Å². The van der Waals surface area contributed by atoms with Gasteiger partial charge in [0.2, 0.25) is 18.0 Å². The van der Waals surface area contributed by atoms with Gasteiger partial charge in [0.05, 0.1) is 5.56 Å². The Morgan fingerprint density at radius 1 is 1.35 bits per heavy atom. The molecule has 0 bridgehead atoms. The van der Waals surface area contributed by atoms with Crippen LogP contribution >= 0.6 is 18.6 Å². The molecule has 0 fully saturated rings. The summed E-state index contributed by atoms with van der Waals surface area (Å²) in [6.07, 6.45) is -4.86. The molecule has 0 N–H and O–H groups in total. The van der Waals surface area contributed by atoms with E-state index in [1.165, 1.54) is 13.0 Å². The zero-order chi connectivity index (χ0) is 15.6. The molecule has 0 heterocycles. The highest BCUT2D eigenvalue weighted by molar-refractivity contribution is 7.86. The van der Waals surface area contributed by atoms with Crippen molar-refractivity contribution >= 4 is 28.7 Å². The Morgan fingerprint density at radius 2 is 1.95 bits per heavy atom. The van der Waals surface area contributed by atoms with Gasteiger partial charge in [-0.05, 0) is 23.1 Å². The minimum Gasteiger partial charge on any atom is -0.232 e. The van der Waals surface area contributed by atoms with Crippen molar-refractivity contribution in [3.8, 4) is 0 Å². The summed E-state index contributed by atoms with van der Waals surface area (Å²) < 4.78 is 80.7. The average Bonchev–Trinajstić information content (AvgIpc) is 2.26. The summed E-state index contributed by atoms with van der Waals surface area (Å²) in [5.41, 5.74) is -1.50. The van der Waals surface area contributed by atoms with E-state index in [1.807, 2.05) is 0 Å². The molecule has 1 rings (SSSR count). The Morgan fingerprint density at radius 3 is 2.45 bits per heavy atom. The smallest absolute Gasteiger partial charge is 0.232 e. The lowest BCUT2D eigenvalue weighted by atomic mass is 10.1. The lowest BCUT2D eigenvalue weighted by molar-refractivity contribution is -0.140. The minimum atomic E-state index is -4.86. The summed E-state index contributed by atoms with van der Waals surface area (Å²) in [6.45, 7) is 0.140. The fourth-order valence-electron chi connectivity index (χ4n) is 1.39. The molecule has 0 aromatic heterocycles. The molecule has 1 unspecified atom stereocenters. The molecule has 11 heteroatoms. The summed E-state index contributed by atoms with van der Waals surface area (Å²) in [5.74, 6) is 0. The molecule has 5 nitrogen and oxygen atoms in total. The second-order valence-electron chi connectivity index (χ2n) is 3.48. The van der Waals surface area contributed by atoms with E-state index in [4.69, 9.17) is 11.2 Å². The Balaban J connectivity index is 3.21. The highest BCUT2D eigenvalue weighted by Gasteiger charge is 2.38. The molecule has 20 heavy (non-hydrogen) atoms. The van der Waals surface area contributed by atoms with Gasteiger partial charge in [0.15, 0.2) is 0 Å². The number of aryl methyl sites for hydroxylation is 1. The lowest BCUT2D eigenvalue weighted by Gasteiger charge is -2.14. The van der Waals surface area contributed by atoms with Crippen LogP contribution in [0.1, 0.15) is 11.1 Å². The number of hydrogen-bond donors (Lipinski definition) is 0. The molecule has 0 spiro atoms. The van der Waals surface area contributed by atoms with Crippen LogP contribution in [0.2, 0.25) is 0 Å². The van der Waals surface area contributed by atoms with E-state index in [0.717, 1.165) is 6.07 Å². The zero-order valence-electron chi connectivity index (χ0n) is 9.85. The number of hydrogen-bond acceptors (Lipinski definition) is 5. The second-order valence-corrected chi connectivity index (χ2v) is 6.54. The van der Waals surface area contributed by atoms with Gasteiger partial charge in [0.25, 0.3) is 10.1 Å². The Bertz CT molecular complexity index is 616. The van der Waals surface area contributed by atoms with Crippen LogP contribution in [0.4, 0.5) is 13.2 Å². The lowest BCUT2D eigenvalue weighted by Crippen LogP contribution is -2.17. The average molecular weight is 352 g/mol. The summed E-state index contributed by atoms with van der Waals surface area (Å²) >= 11 is 4.92. The molecule has 1 aromatic carbocycles. The molecular weight excluding hydrogens is 344 g/mol. The van der Waals surface area contributed by atoms with E-state index in [9.17, 15) is 26.2 Å². The maximum Gasteiger partial charge on any atom is 0.636 e. The second kappa shape index (κ2) is 6.36. The van der Waals surface area contributed by atoms with Crippen LogP contribution in [0.5, 0.6) is 0 Å². The van der Waals surface area contributed by atoms with Gasteiger partial charge in [-0.3, -0.25) is 0 Å². The van der Waals surface area contributed by atoms with Gasteiger partial charge in [0, 0.05) is 0 Å². The maximum atomic E-state index is 12.8. The van der Waals surface area contributed by atoms with Crippen LogP contribution in [0.15, 0.2) is 23.1 Å². The summed E-state index contributed by atoms with van der Waals surface area (Å²) in [6, 6.07) is 2.88. The number of benzene rings is 1. The van der Waals surface area contributed by atoms with Crippen molar-refractivity contribution < 1.29 is 34.9 Å². The fraction of sp³-hybridized carbons (Fsp3) is 0.333. The first-order valence-corrected chi connectivity index (χ1v) is 8.37. The predicted molar refractivity (Wildman–Crippen MR) is 63.9 cm³/mol. The van der Waals surface area contributed by atoms with Crippen molar-refractivity contribution in [1.82, 2.24) is 0 Å². The van der Waals surface area contributed by atoms with Crippen molar-refractivity contribution in [2.45, 2.75) is 18.0 Å². The fourth-order valence-corrected chi connectivity index (χ4v) is 2.93. The summed E-state index contributed by atoms with van der Waals surface area (Å²) in [4.78, 5) is -1.01. The molecule has 1 aromatic rings. The summed E-state index contributed by atoms with van der Waals surface area (Å²) in [5, 5.41) is 0. The summed E-state index contributed by atoms with van der Waals surface area (Å²) in [7, 11) is -7.38. The predicted octanol–water partition coefficient (Wildman–Crippen LogP) is 3.59. The zero-order valence-corrected chi connectivity index (χ0v) is 12.3. The number of rotatable bonds is 5. The molecular formula is C9H8ClF3O5PS+. The maximum absolute atomic E-state index is 12.8.